The Morgan fingerprint density at radius 1 is 1.11 bits per heavy atom. The van der Waals surface area contributed by atoms with E-state index in [9.17, 15) is 4.79 Å². The molecule has 1 saturated heterocycles. The Kier molecular flexibility index (Phi) is 8.22. The molecule has 1 fully saturated rings. The maximum absolute atomic E-state index is 11.6. The smallest absolute Gasteiger partial charge is 0.220 e. The van der Waals surface area contributed by atoms with Crippen LogP contribution in [-0.4, -0.2) is 65.3 Å². The molecule has 0 radical (unpaired) electrons. The Bertz CT molecular complexity index is 685. The van der Waals surface area contributed by atoms with Gasteiger partial charge in [0.25, 0.3) is 0 Å². The fraction of sp³-hybridized carbons (Fsp3) is 0.600. The predicted octanol–water partition coefficient (Wildman–Crippen LogP) is 1.64. The number of carbonyl (C=O) groups excluding carboxylic acids is 1. The van der Waals surface area contributed by atoms with Gasteiger partial charge in [0.15, 0.2) is 17.5 Å². The third-order valence-electron chi connectivity index (χ3n) is 5.10. The average molecular weight is 393 g/mol. The van der Waals surface area contributed by atoms with Crippen LogP contribution in [0, 0.1) is 5.92 Å². The molecule has 1 aromatic rings. The molecule has 0 spiro atoms. The lowest BCUT2D eigenvalue weighted by Gasteiger charge is -2.34. The zero-order valence-corrected chi connectivity index (χ0v) is 17.5. The molecule has 156 valence electrons. The summed E-state index contributed by atoms with van der Waals surface area (Å²) in [6.07, 6.45) is 2.56. The second-order valence-electron chi connectivity index (χ2n) is 6.73. The Hall–Kier alpha value is -2.64. The normalized spacial score (nSPS) is 15.2. The quantitative estimate of drug-likeness (QED) is 0.542. The van der Waals surface area contributed by atoms with E-state index in [0.29, 0.717) is 30.4 Å². The Morgan fingerprint density at radius 2 is 1.71 bits per heavy atom. The minimum absolute atomic E-state index is 0.113. The van der Waals surface area contributed by atoms with Gasteiger partial charge in [0.05, 0.1) is 21.3 Å². The molecule has 1 amide bonds. The van der Waals surface area contributed by atoms with Gasteiger partial charge in [0.1, 0.15) is 5.75 Å². The van der Waals surface area contributed by atoms with E-state index in [2.05, 4.69) is 20.5 Å². The molecule has 0 saturated carbocycles. The first-order valence-corrected chi connectivity index (χ1v) is 9.51. The lowest BCUT2D eigenvalue weighted by molar-refractivity contribution is -0.121. The monoisotopic (exact) mass is 392 g/mol. The van der Waals surface area contributed by atoms with Gasteiger partial charge in [-0.2, -0.15) is 0 Å². The topological polar surface area (TPSA) is 84.4 Å². The van der Waals surface area contributed by atoms with Crippen LogP contribution in [0.2, 0.25) is 0 Å². The molecule has 8 nitrogen and oxygen atoms in total. The van der Waals surface area contributed by atoms with Gasteiger partial charge in [-0.1, -0.05) is 0 Å². The van der Waals surface area contributed by atoms with Crippen LogP contribution in [0.5, 0.6) is 17.2 Å². The predicted molar refractivity (Wildman–Crippen MR) is 109 cm³/mol. The van der Waals surface area contributed by atoms with Gasteiger partial charge in [-0.3, -0.25) is 9.79 Å². The van der Waals surface area contributed by atoms with Crippen LogP contribution >= 0.6 is 0 Å². The van der Waals surface area contributed by atoms with Crippen molar-refractivity contribution in [2.24, 2.45) is 10.9 Å². The molecule has 0 aliphatic carbocycles. The Morgan fingerprint density at radius 3 is 2.25 bits per heavy atom. The number of nitrogens with one attached hydrogen (secondary N) is 2. The molecule has 1 aliphatic heterocycles. The van der Waals surface area contributed by atoms with Crippen molar-refractivity contribution in [2.75, 3.05) is 48.5 Å². The van der Waals surface area contributed by atoms with Crippen molar-refractivity contribution < 1.29 is 19.0 Å². The molecule has 28 heavy (non-hydrogen) atoms. The van der Waals surface area contributed by atoms with Crippen molar-refractivity contribution in [1.82, 2.24) is 15.5 Å². The molecule has 1 aliphatic rings. The number of likely N-dealkylation sites (tertiary alicyclic amines) is 1. The third-order valence-corrected chi connectivity index (χ3v) is 5.10. The fourth-order valence-corrected chi connectivity index (χ4v) is 3.45. The van der Waals surface area contributed by atoms with Gasteiger partial charge in [-0.15, -0.1) is 0 Å². The van der Waals surface area contributed by atoms with Crippen molar-refractivity contribution >= 4 is 11.9 Å². The van der Waals surface area contributed by atoms with Crippen LogP contribution < -0.4 is 24.8 Å². The van der Waals surface area contributed by atoms with Crippen molar-refractivity contribution in [3.8, 4) is 17.2 Å². The summed E-state index contributed by atoms with van der Waals surface area (Å²) in [5.74, 6) is 3.40. The van der Waals surface area contributed by atoms with E-state index in [4.69, 9.17) is 14.2 Å². The van der Waals surface area contributed by atoms with Crippen LogP contribution in [0.4, 0.5) is 0 Å². The highest BCUT2D eigenvalue weighted by Gasteiger charge is 2.23. The van der Waals surface area contributed by atoms with E-state index < -0.39 is 0 Å². The number of nitrogens with zero attached hydrogens (tertiary/aromatic N) is 2. The summed E-state index contributed by atoms with van der Waals surface area (Å²) in [4.78, 5) is 18.2. The van der Waals surface area contributed by atoms with E-state index in [1.807, 2.05) is 12.1 Å². The summed E-state index contributed by atoms with van der Waals surface area (Å²) in [5, 5.41) is 6.11. The molecule has 2 rings (SSSR count). The molecule has 0 aromatic heterocycles. The van der Waals surface area contributed by atoms with E-state index in [-0.39, 0.29) is 5.91 Å². The number of benzene rings is 1. The molecular weight excluding hydrogens is 360 g/mol. The molecule has 0 bridgehead atoms. The number of amides is 1. The van der Waals surface area contributed by atoms with Gasteiger partial charge >= 0.3 is 0 Å². The zero-order valence-electron chi connectivity index (χ0n) is 17.5. The third kappa shape index (κ3) is 5.43. The molecule has 0 atom stereocenters. The van der Waals surface area contributed by atoms with Crippen molar-refractivity contribution in [1.29, 1.82) is 0 Å². The summed E-state index contributed by atoms with van der Waals surface area (Å²) >= 11 is 0. The first-order chi connectivity index (χ1) is 13.6. The summed E-state index contributed by atoms with van der Waals surface area (Å²) in [6.45, 7) is 2.31. The number of rotatable bonds is 7. The maximum Gasteiger partial charge on any atom is 0.220 e. The highest BCUT2D eigenvalue weighted by atomic mass is 16.5. The first kappa shape index (κ1) is 21.7. The highest BCUT2D eigenvalue weighted by molar-refractivity contribution is 5.80. The molecule has 1 aromatic carbocycles. The van der Waals surface area contributed by atoms with Crippen LogP contribution in [-0.2, 0) is 11.3 Å². The number of hydrogen-bond acceptors (Lipinski definition) is 5. The maximum atomic E-state index is 11.6. The van der Waals surface area contributed by atoms with E-state index >= 15 is 0 Å². The van der Waals surface area contributed by atoms with Crippen molar-refractivity contribution in [3.05, 3.63) is 17.7 Å². The van der Waals surface area contributed by atoms with Crippen LogP contribution in [0.1, 0.15) is 24.8 Å². The summed E-state index contributed by atoms with van der Waals surface area (Å²) in [5.41, 5.74) is 0.954. The Labute approximate surface area is 167 Å². The van der Waals surface area contributed by atoms with Gasteiger partial charge in [-0.05, 0) is 24.8 Å². The second kappa shape index (κ2) is 10.6. The van der Waals surface area contributed by atoms with E-state index in [0.717, 1.165) is 43.2 Å². The molecule has 8 heteroatoms. The standard InChI is InChI=1S/C20H32N4O4/c1-21-19(25)10-14-6-8-24(9-7-14)20(22-2)23-13-15-11-17(27-4)18(28-5)12-16(15)26-3/h11-12,14H,6-10,13H2,1-5H3,(H,21,25)(H,22,23). The zero-order chi connectivity index (χ0) is 20.5. The van der Waals surface area contributed by atoms with Gasteiger partial charge in [0, 0.05) is 51.8 Å². The van der Waals surface area contributed by atoms with Crippen LogP contribution in [0.15, 0.2) is 17.1 Å². The SMILES string of the molecule is CN=C(NCc1cc(OC)c(OC)cc1OC)N1CCC(CC(=O)NC)CC1. The number of methoxy groups -OCH3 is 3. The second-order valence-corrected chi connectivity index (χ2v) is 6.73. The van der Waals surface area contributed by atoms with Gasteiger partial charge < -0.3 is 29.7 Å². The fourth-order valence-electron chi connectivity index (χ4n) is 3.45. The molecule has 0 unspecified atom stereocenters. The Balaban J connectivity index is 1.98. The summed E-state index contributed by atoms with van der Waals surface area (Å²) in [7, 11) is 8.32. The van der Waals surface area contributed by atoms with Crippen LogP contribution in [0.3, 0.4) is 0 Å². The van der Waals surface area contributed by atoms with Crippen LogP contribution in [0.25, 0.3) is 0 Å². The largest absolute Gasteiger partial charge is 0.496 e. The molecule has 1 heterocycles. The van der Waals surface area contributed by atoms with Gasteiger partial charge in [-0.25, -0.2) is 0 Å². The first-order valence-electron chi connectivity index (χ1n) is 9.51. The molecular formula is C20H32N4O4. The van der Waals surface area contributed by atoms with E-state index in [1.54, 1.807) is 35.4 Å². The molecule has 2 N–H and O–H groups in total. The van der Waals surface area contributed by atoms with Crippen molar-refractivity contribution in [2.45, 2.75) is 25.8 Å². The lowest BCUT2D eigenvalue weighted by atomic mass is 9.93. The summed E-state index contributed by atoms with van der Waals surface area (Å²) in [6, 6.07) is 3.73. The van der Waals surface area contributed by atoms with Crippen molar-refractivity contribution in [3.63, 3.8) is 0 Å². The van der Waals surface area contributed by atoms with E-state index in [1.165, 1.54) is 0 Å². The highest BCUT2D eigenvalue weighted by Crippen LogP contribution is 2.34. The summed E-state index contributed by atoms with van der Waals surface area (Å²) < 4.78 is 16.2. The average Bonchev–Trinajstić information content (AvgIpc) is 2.74. The number of piperidine rings is 1. The van der Waals surface area contributed by atoms with Gasteiger partial charge in [0.2, 0.25) is 5.91 Å². The lowest BCUT2D eigenvalue weighted by Crippen LogP contribution is -2.45. The number of hydrogen-bond donors (Lipinski definition) is 2. The minimum Gasteiger partial charge on any atom is -0.496 e. The number of ether oxygens (including phenoxy) is 3. The number of aliphatic imine (C=N–C) groups is 1. The number of guanidine groups is 1. The minimum atomic E-state index is 0.113. The number of carbonyl (C=O) groups is 1.